The van der Waals surface area contributed by atoms with E-state index in [9.17, 15) is 4.79 Å². The van der Waals surface area contributed by atoms with Gasteiger partial charge in [-0.3, -0.25) is 9.69 Å². The third-order valence-electron chi connectivity index (χ3n) is 6.10. The van der Waals surface area contributed by atoms with Crippen LogP contribution in [0, 0.1) is 12.8 Å². The molecule has 6 heteroatoms. The number of carbonyl (C=O) groups is 1. The molecule has 0 bridgehead atoms. The van der Waals surface area contributed by atoms with Gasteiger partial charge in [-0.15, -0.1) is 0 Å². The summed E-state index contributed by atoms with van der Waals surface area (Å²) < 4.78 is 13.3. The highest BCUT2D eigenvalue weighted by Crippen LogP contribution is 2.28. The van der Waals surface area contributed by atoms with Crippen LogP contribution in [0.25, 0.3) is 10.9 Å². The van der Waals surface area contributed by atoms with Gasteiger partial charge in [-0.25, -0.2) is 0 Å². The molecule has 0 spiro atoms. The highest BCUT2D eigenvalue weighted by atomic mass is 16.5. The number of likely N-dealkylation sites (tertiary alicyclic amines) is 1. The number of fused-ring (bicyclic) bond motifs is 1. The largest absolute Gasteiger partial charge is 0.497 e. The number of piperidine rings is 1. The highest BCUT2D eigenvalue weighted by molar-refractivity contribution is 5.85. The Morgan fingerprint density at radius 2 is 2.03 bits per heavy atom. The summed E-state index contributed by atoms with van der Waals surface area (Å²) in [6, 6.07) is 10.1. The second-order valence-corrected chi connectivity index (χ2v) is 8.10. The third-order valence-corrected chi connectivity index (χ3v) is 6.10. The van der Waals surface area contributed by atoms with E-state index in [-0.39, 0.29) is 11.8 Å². The standard InChI is InChI=1S/C24H31N3O3/c1-4-27-16-19(22-13-20(29-3)7-8-23(22)27)15-26-11-9-18(10-12-26)24(28)25-14-21-6-5-17(2)30-21/h5-8,13,16,18H,4,9-12,14-15H2,1-3H3,(H,25,28). The molecule has 0 radical (unpaired) electrons. The second-order valence-electron chi connectivity index (χ2n) is 8.10. The normalized spacial score (nSPS) is 15.6. The number of aryl methyl sites for hydroxylation is 2. The van der Waals surface area contributed by atoms with Crippen LogP contribution in [-0.2, 0) is 24.4 Å². The molecule has 0 atom stereocenters. The Morgan fingerprint density at radius 1 is 1.23 bits per heavy atom. The maximum Gasteiger partial charge on any atom is 0.223 e. The van der Waals surface area contributed by atoms with E-state index in [0.29, 0.717) is 6.54 Å². The number of furan rings is 1. The molecular formula is C24H31N3O3. The van der Waals surface area contributed by atoms with Crippen LogP contribution in [-0.4, -0.2) is 35.6 Å². The Bertz CT molecular complexity index is 1010. The first-order valence-electron chi connectivity index (χ1n) is 10.8. The zero-order chi connectivity index (χ0) is 21.1. The molecule has 1 aromatic carbocycles. The third kappa shape index (κ3) is 4.38. The maximum absolute atomic E-state index is 12.5. The molecule has 1 fully saturated rings. The molecule has 1 N–H and O–H groups in total. The molecule has 4 rings (SSSR count). The number of amides is 1. The molecule has 1 saturated heterocycles. The summed E-state index contributed by atoms with van der Waals surface area (Å²) in [7, 11) is 1.71. The van der Waals surface area contributed by atoms with Crippen LogP contribution in [0.4, 0.5) is 0 Å². The van der Waals surface area contributed by atoms with Crippen LogP contribution in [0.2, 0.25) is 0 Å². The Morgan fingerprint density at radius 3 is 2.70 bits per heavy atom. The van der Waals surface area contributed by atoms with E-state index in [1.54, 1.807) is 7.11 Å². The van der Waals surface area contributed by atoms with Crippen LogP contribution in [0.1, 0.15) is 36.8 Å². The SMILES string of the molecule is CCn1cc(CN2CCC(C(=O)NCc3ccc(C)o3)CC2)c2cc(OC)ccc21. The van der Waals surface area contributed by atoms with Gasteiger partial charge < -0.3 is 19.0 Å². The lowest BCUT2D eigenvalue weighted by Gasteiger charge is -2.31. The van der Waals surface area contributed by atoms with E-state index in [1.165, 1.54) is 16.5 Å². The number of carbonyl (C=O) groups excluding carboxylic acids is 1. The van der Waals surface area contributed by atoms with Crippen LogP contribution >= 0.6 is 0 Å². The van der Waals surface area contributed by atoms with Gasteiger partial charge in [-0.2, -0.15) is 0 Å². The van der Waals surface area contributed by atoms with Crippen molar-refractivity contribution in [1.29, 1.82) is 0 Å². The Hall–Kier alpha value is -2.73. The molecule has 3 heterocycles. The average molecular weight is 410 g/mol. The zero-order valence-electron chi connectivity index (χ0n) is 18.1. The number of nitrogens with one attached hydrogen (secondary N) is 1. The van der Waals surface area contributed by atoms with Crippen LogP contribution in [0.3, 0.4) is 0 Å². The summed E-state index contributed by atoms with van der Waals surface area (Å²) in [4.78, 5) is 15.0. The number of hydrogen-bond donors (Lipinski definition) is 1. The lowest BCUT2D eigenvalue weighted by Crippen LogP contribution is -2.40. The fourth-order valence-electron chi connectivity index (χ4n) is 4.36. The fourth-order valence-corrected chi connectivity index (χ4v) is 4.36. The number of aromatic nitrogens is 1. The van der Waals surface area contributed by atoms with E-state index in [1.807, 2.05) is 25.1 Å². The van der Waals surface area contributed by atoms with Gasteiger partial charge in [0.1, 0.15) is 17.3 Å². The van der Waals surface area contributed by atoms with Crippen LogP contribution in [0.5, 0.6) is 5.75 Å². The van der Waals surface area contributed by atoms with Gasteiger partial charge in [-0.1, -0.05) is 0 Å². The molecule has 3 aromatic rings. The summed E-state index contributed by atoms with van der Waals surface area (Å²) in [6.45, 7) is 8.25. The van der Waals surface area contributed by atoms with E-state index in [4.69, 9.17) is 9.15 Å². The molecule has 1 aliphatic rings. The Labute approximate surface area is 177 Å². The number of nitrogens with zero attached hydrogens (tertiary/aromatic N) is 2. The minimum atomic E-state index is 0.0781. The van der Waals surface area contributed by atoms with E-state index < -0.39 is 0 Å². The van der Waals surface area contributed by atoms with Gasteiger partial charge in [0.15, 0.2) is 0 Å². The molecule has 0 saturated carbocycles. The number of benzene rings is 1. The predicted molar refractivity (Wildman–Crippen MR) is 117 cm³/mol. The molecular weight excluding hydrogens is 378 g/mol. The summed E-state index contributed by atoms with van der Waals surface area (Å²) in [5.41, 5.74) is 2.57. The second kappa shape index (κ2) is 8.96. The summed E-state index contributed by atoms with van der Waals surface area (Å²) in [5, 5.41) is 4.28. The van der Waals surface area contributed by atoms with Crippen molar-refractivity contribution < 1.29 is 13.9 Å². The fraction of sp³-hybridized carbons (Fsp3) is 0.458. The van der Waals surface area contributed by atoms with Gasteiger partial charge in [0.05, 0.1) is 13.7 Å². The smallest absolute Gasteiger partial charge is 0.223 e. The molecule has 160 valence electrons. The Kier molecular flexibility index (Phi) is 6.13. The summed E-state index contributed by atoms with van der Waals surface area (Å²) >= 11 is 0. The quantitative estimate of drug-likeness (QED) is 0.638. The number of rotatable bonds is 7. The van der Waals surface area contributed by atoms with Crippen LogP contribution < -0.4 is 10.1 Å². The van der Waals surface area contributed by atoms with Gasteiger partial charge in [0.2, 0.25) is 5.91 Å². The van der Waals surface area contributed by atoms with Crippen molar-refractivity contribution in [3.05, 3.63) is 53.6 Å². The van der Waals surface area contributed by atoms with Crippen LogP contribution in [0.15, 0.2) is 40.9 Å². The topological polar surface area (TPSA) is 59.6 Å². The first kappa shape index (κ1) is 20.5. The minimum Gasteiger partial charge on any atom is -0.497 e. The molecule has 1 amide bonds. The highest BCUT2D eigenvalue weighted by Gasteiger charge is 2.25. The lowest BCUT2D eigenvalue weighted by atomic mass is 9.95. The van der Waals surface area contributed by atoms with Crippen molar-refractivity contribution in [3.63, 3.8) is 0 Å². The van der Waals surface area contributed by atoms with Crippen molar-refractivity contribution in [1.82, 2.24) is 14.8 Å². The first-order valence-corrected chi connectivity index (χ1v) is 10.8. The summed E-state index contributed by atoms with van der Waals surface area (Å²) in [5.74, 6) is 2.78. The van der Waals surface area contributed by atoms with Crippen molar-refractivity contribution in [3.8, 4) is 5.75 Å². The van der Waals surface area contributed by atoms with Gasteiger partial charge >= 0.3 is 0 Å². The number of ether oxygens (including phenoxy) is 1. The molecule has 6 nitrogen and oxygen atoms in total. The van der Waals surface area contributed by atoms with Crippen molar-refractivity contribution >= 4 is 16.8 Å². The van der Waals surface area contributed by atoms with Crippen molar-refractivity contribution in [2.24, 2.45) is 5.92 Å². The van der Waals surface area contributed by atoms with Gasteiger partial charge in [0.25, 0.3) is 0 Å². The van der Waals surface area contributed by atoms with Gasteiger partial charge in [0, 0.05) is 36.1 Å². The van der Waals surface area contributed by atoms with Gasteiger partial charge in [-0.05, 0) is 75.7 Å². The number of hydrogen-bond acceptors (Lipinski definition) is 4. The van der Waals surface area contributed by atoms with Crippen molar-refractivity contribution in [2.45, 2.75) is 46.3 Å². The zero-order valence-corrected chi connectivity index (χ0v) is 18.1. The predicted octanol–water partition coefficient (Wildman–Crippen LogP) is 4.10. The summed E-state index contributed by atoms with van der Waals surface area (Å²) in [6.07, 6.45) is 4.03. The van der Waals surface area contributed by atoms with E-state index in [2.05, 4.69) is 40.0 Å². The Balaban J connectivity index is 1.35. The lowest BCUT2D eigenvalue weighted by molar-refractivity contribution is -0.126. The average Bonchev–Trinajstić information content (AvgIpc) is 3.35. The maximum atomic E-state index is 12.5. The monoisotopic (exact) mass is 409 g/mol. The molecule has 2 aromatic heterocycles. The molecule has 30 heavy (non-hydrogen) atoms. The van der Waals surface area contributed by atoms with E-state index >= 15 is 0 Å². The minimum absolute atomic E-state index is 0.0781. The number of methoxy groups -OCH3 is 1. The van der Waals surface area contributed by atoms with Crippen molar-refractivity contribution in [2.75, 3.05) is 20.2 Å². The molecule has 0 unspecified atom stereocenters. The molecule has 1 aliphatic heterocycles. The first-order chi connectivity index (χ1) is 14.6. The molecule has 0 aliphatic carbocycles. The van der Waals surface area contributed by atoms with E-state index in [0.717, 1.165) is 56.3 Å².